The van der Waals surface area contributed by atoms with Crippen LogP contribution in [0.3, 0.4) is 0 Å². The predicted octanol–water partition coefficient (Wildman–Crippen LogP) is 2.28. The zero-order valence-electron chi connectivity index (χ0n) is 12.8. The summed E-state index contributed by atoms with van der Waals surface area (Å²) in [6.07, 6.45) is 0.813. The summed E-state index contributed by atoms with van der Waals surface area (Å²) in [5.74, 6) is 1.13. The Morgan fingerprint density at radius 3 is 2.64 bits per heavy atom. The van der Waals surface area contributed by atoms with Crippen LogP contribution in [0.25, 0.3) is 0 Å². The van der Waals surface area contributed by atoms with E-state index in [1.54, 1.807) is 12.1 Å². The van der Waals surface area contributed by atoms with E-state index >= 15 is 0 Å². The molecule has 0 saturated carbocycles. The van der Waals surface area contributed by atoms with Crippen molar-refractivity contribution >= 4 is 17.5 Å². The number of carbonyl (C=O) groups is 1. The minimum Gasteiger partial charge on any atom is -0.489 e. The van der Waals surface area contributed by atoms with Crippen molar-refractivity contribution in [2.24, 2.45) is 0 Å². The number of amides is 1. The molecule has 1 aromatic rings. The first-order valence-corrected chi connectivity index (χ1v) is 8.17. The lowest BCUT2D eigenvalue weighted by Gasteiger charge is -2.34. The van der Waals surface area contributed by atoms with Gasteiger partial charge in [0.2, 0.25) is 0 Å². The molecule has 120 valence electrons. The third-order valence-corrected chi connectivity index (χ3v) is 4.44. The van der Waals surface area contributed by atoms with Crippen LogP contribution in [0.2, 0.25) is 5.02 Å². The van der Waals surface area contributed by atoms with Gasteiger partial charge in [-0.2, -0.15) is 0 Å². The van der Waals surface area contributed by atoms with E-state index in [-0.39, 0.29) is 5.91 Å². The maximum absolute atomic E-state index is 12.7. The van der Waals surface area contributed by atoms with Crippen molar-refractivity contribution in [2.45, 2.75) is 13.3 Å². The Kier molecular flexibility index (Phi) is 4.74. The van der Waals surface area contributed by atoms with Gasteiger partial charge < -0.3 is 19.3 Å². The Hall–Kier alpha value is -1.46. The summed E-state index contributed by atoms with van der Waals surface area (Å²) in [6.45, 7) is 7.66. The fourth-order valence-electron chi connectivity index (χ4n) is 2.80. The number of hydrogen-bond acceptors (Lipinski definition) is 4. The molecule has 6 heteroatoms. The van der Waals surface area contributed by atoms with E-state index in [1.165, 1.54) is 0 Å². The van der Waals surface area contributed by atoms with Crippen LogP contribution in [0.15, 0.2) is 12.1 Å². The first kappa shape index (κ1) is 15.4. The molecule has 0 aliphatic carbocycles. The van der Waals surface area contributed by atoms with Gasteiger partial charge in [-0.3, -0.25) is 4.79 Å². The highest BCUT2D eigenvalue weighted by Gasteiger charge is 2.24. The summed E-state index contributed by atoms with van der Waals surface area (Å²) in [4.78, 5) is 16.9. The molecule has 2 aliphatic heterocycles. The molecule has 1 saturated heterocycles. The first-order valence-electron chi connectivity index (χ1n) is 7.80. The molecule has 0 radical (unpaired) electrons. The highest BCUT2D eigenvalue weighted by Crippen LogP contribution is 2.38. The molecule has 3 rings (SSSR count). The largest absolute Gasteiger partial charge is 0.489 e. The number of halogens is 1. The van der Waals surface area contributed by atoms with Gasteiger partial charge in [-0.15, -0.1) is 0 Å². The minimum atomic E-state index is 0.00769. The normalized spacial score (nSPS) is 18.9. The average molecular weight is 325 g/mol. The fourth-order valence-corrected chi connectivity index (χ4v) is 3.07. The Morgan fingerprint density at radius 1 is 1.18 bits per heavy atom. The summed E-state index contributed by atoms with van der Waals surface area (Å²) in [6, 6.07) is 3.44. The average Bonchev–Trinajstić information content (AvgIpc) is 2.80. The van der Waals surface area contributed by atoms with Crippen LogP contribution in [0.5, 0.6) is 11.5 Å². The summed E-state index contributed by atoms with van der Waals surface area (Å²) in [7, 11) is 0. The molecular formula is C16H21ClN2O3. The molecule has 0 spiro atoms. The zero-order chi connectivity index (χ0) is 15.5. The monoisotopic (exact) mass is 324 g/mol. The Bertz CT molecular complexity index is 557. The van der Waals surface area contributed by atoms with Crippen molar-refractivity contribution in [2.75, 3.05) is 45.9 Å². The number of hydrogen-bond donors (Lipinski definition) is 0. The Balaban J connectivity index is 1.78. The number of carbonyl (C=O) groups excluding carboxylic acids is 1. The topological polar surface area (TPSA) is 42.0 Å². The van der Waals surface area contributed by atoms with E-state index in [4.69, 9.17) is 21.1 Å². The number of rotatable bonds is 2. The van der Waals surface area contributed by atoms with Gasteiger partial charge in [0.25, 0.3) is 5.91 Å². The van der Waals surface area contributed by atoms with Crippen LogP contribution in [0.1, 0.15) is 23.7 Å². The Morgan fingerprint density at radius 2 is 1.91 bits per heavy atom. The summed E-state index contributed by atoms with van der Waals surface area (Å²) in [5, 5.41) is 0.440. The van der Waals surface area contributed by atoms with Gasteiger partial charge in [0, 0.05) is 38.2 Å². The van der Waals surface area contributed by atoms with Crippen molar-refractivity contribution in [3.05, 3.63) is 22.7 Å². The highest BCUT2D eigenvalue weighted by atomic mass is 35.5. The Labute approximate surface area is 135 Å². The predicted molar refractivity (Wildman–Crippen MR) is 85.1 cm³/mol. The number of fused-ring (bicyclic) bond motifs is 1. The maximum atomic E-state index is 12.7. The third kappa shape index (κ3) is 3.15. The quantitative estimate of drug-likeness (QED) is 0.837. The second kappa shape index (κ2) is 6.75. The van der Waals surface area contributed by atoms with Crippen molar-refractivity contribution in [1.82, 2.24) is 9.80 Å². The standard InChI is InChI=1S/C16H21ClN2O3/c1-2-18-4-6-19(7-5-18)16(20)12-10-13(17)15-14(11-12)21-8-3-9-22-15/h10-11H,2-9H2,1H3. The van der Waals surface area contributed by atoms with E-state index in [2.05, 4.69) is 11.8 Å². The molecule has 0 bridgehead atoms. The fraction of sp³-hybridized carbons (Fsp3) is 0.562. The SMILES string of the molecule is CCN1CCN(C(=O)c2cc(Cl)c3c(c2)OCCCO3)CC1. The third-order valence-electron chi connectivity index (χ3n) is 4.16. The molecule has 0 atom stereocenters. The number of piperazine rings is 1. The molecule has 2 aliphatic rings. The summed E-state index contributed by atoms with van der Waals surface area (Å²) >= 11 is 6.26. The second-order valence-corrected chi connectivity index (χ2v) is 5.97. The maximum Gasteiger partial charge on any atom is 0.254 e. The minimum absolute atomic E-state index is 0.00769. The zero-order valence-corrected chi connectivity index (χ0v) is 13.6. The smallest absolute Gasteiger partial charge is 0.254 e. The number of benzene rings is 1. The lowest BCUT2D eigenvalue weighted by atomic mass is 10.1. The van der Waals surface area contributed by atoms with E-state index in [0.29, 0.717) is 35.3 Å². The van der Waals surface area contributed by atoms with Crippen LogP contribution in [-0.2, 0) is 0 Å². The van der Waals surface area contributed by atoms with E-state index in [0.717, 1.165) is 39.1 Å². The van der Waals surface area contributed by atoms with Gasteiger partial charge in [-0.25, -0.2) is 0 Å². The molecule has 2 heterocycles. The van der Waals surface area contributed by atoms with Gasteiger partial charge in [0.15, 0.2) is 11.5 Å². The number of ether oxygens (including phenoxy) is 2. The van der Waals surface area contributed by atoms with Gasteiger partial charge in [-0.05, 0) is 18.7 Å². The molecular weight excluding hydrogens is 304 g/mol. The lowest BCUT2D eigenvalue weighted by Crippen LogP contribution is -2.48. The van der Waals surface area contributed by atoms with Crippen LogP contribution < -0.4 is 9.47 Å². The van der Waals surface area contributed by atoms with Gasteiger partial charge >= 0.3 is 0 Å². The highest BCUT2D eigenvalue weighted by molar-refractivity contribution is 6.32. The van der Waals surface area contributed by atoms with Crippen molar-refractivity contribution in [3.63, 3.8) is 0 Å². The van der Waals surface area contributed by atoms with Crippen LogP contribution in [0.4, 0.5) is 0 Å². The molecule has 0 N–H and O–H groups in total. The summed E-state index contributed by atoms with van der Waals surface area (Å²) in [5.41, 5.74) is 0.569. The molecule has 1 fully saturated rings. The molecule has 1 amide bonds. The van der Waals surface area contributed by atoms with Crippen LogP contribution in [-0.4, -0.2) is 61.6 Å². The van der Waals surface area contributed by atoms with Crippen LogP contribution in [0, 0.1) is 0 Å². The molecule has 0 aromatic heterocycles. The van der Waals surface area contributed by atoms with Gasteiger partial charge in [0.1, 0.15) is 0 Å². The molecule has 22 heavy (non-hydrogen) atoms. The summed E-state index contributed by atoms with van der Waals surface area (Å²) < 4.78 is 11.3. The van der Waals surface area contributed by atoms with E-state index in [9.17, 15) is 4.79 Å². The van der Waals surface area contributed by atoms with E-state index < -0.39 is 0 Å². The van der Waals surface area contributed by atoms with Crippen molar-refractivity contribution < 1.29 is 14.3 Å². The molecule has 5 nitrogen and oxygen atoms in total. The molecule has 0 unspecified atom stereocenters. The van der Waals surface area contributed by atoms with Gasteiger partial charge in [-0.1, -0.05) is 18.5 Å². The molecule has 1 aromatic carbocycles. The first-order chi connectivity index (χ1) is 10.7. The lowest BCUT2D eigenvalue weighted by molar-refractivity contribution is 0.0643. The second-order valence-electron chi connectivity index (χ2n) is 5.56. The van der Waals surface area contributed by atoms with Crippen molar-refractivity contribution in [3.8, 4) is 11.5 Å². The number of likely N-dealkylation sites (N-methyl/N-ethyl adjacent to an activating group) is 1. The van der Waals surface area contributed by atoms with E-state index in [1.807, 2.05) is 4.90 Å². The van der Waals surface area contributed by atoms with Crippen LogP contribution >= 0.6 is 11.6 Å². The number of nitrogens with zero attached hydrogens (tertiary/aromatic N) is 2. The van der Waals surface area contributed by atoms with Gasteiger partial charge in [0.05, 0.1) is 18.2 Å². The van der Waals surface area contributed by atoms with Crippen molar-refractivity contribution in [1.29, 1.82) is 0 Å².